The van der Waals surface area contributed by atoms with Gasteiger partial charge in [-0.05, 0) is 19.8 Å². The molecule has 2 rings (SSSR count). The van der Waals surface area contributed by atoms with E-state index in [0.29, 0.717) is 11.6 Å². The quantitative estimate of drug-likeness (QED) is 0.863. The Balaban J connectivity index is 1.68. The van der Waals surface area contributed by atoms with E-state index in [9.17, 15) is 9.90 Å². The maximum Gasteiger partial charge on any atom is 0.227 e. The van der Waals surface area contributed by atoms with E-state index >= 15 is 0 Å². The topological polar surface area (TPSA) is 65.5 Å². The number of anilines is 1. The standard InChI is InChI=1S/C12H19N3O2S/c1-9-8-18-12(13-9)14-11(17)4-7-15-5-2-10(16)3-6-15/h8,10,16H,2-7H2,1H3,(H,13,14,17). The summed E-state index contributed by atoms with van der Waals surface area (Å²) in [6, 6.07) is 0. The first-order valence-electron chi connectivity index (χ1n) is 6.26. The van der Waals surface area contributed by atoms with Crippen LogP contribution in [-0.2, 0) is 4.79 Å². The number of nitrogens with one attached hydrogen (secondary N) is 1. The van der Waals surface area contributed by atoms with Crippen LogP contribution in [0.4, 0.5) is 5.13 Å². The molecule has 1 saturated heterocycles. The highest BCUT2D eigenvalue weighted by atomic mass is 32.1. The number of carbonyl (C=O) groups excluding carboxylic acids is 1. The number of amides is 1. The van der Waals surface area contributed by atoms with Crippen molar-refractivity contribution >= 4 is 22.4 Å². The number of likely N-dealkylation sites (tertiary alicyclic amines) is 1. The van der Waals surface area contributed by atoms with Crippen LogP contribution in [0.3, 0.4) is 0 Å². The summed E-state index contributed by atoms with van der Waals surface area (Å²) in [4.78, 5) is 18.1. The summed E-state index contributed by atoms with van der Waals surface area (Å²) in [5.74, 6) is 0.00970. The second-order valence-corrected chi connectivity index (χ2v) is 5.52. The monoisotopic (exact) mass is 269 g/mol. The average Bonchev–Trinajstić information content (AvgIpc) is 2.74. The molecule has 1 aromatic rings. The third-order valence-corrected chi connectivity index (χ3v) is 3.95. The van der Waals surface area contributed by atoms with E-state index in [1.165, 1.54) is 11.3 Å². The Bertz CT molecular complexity index is 400. The van der Waals surface area contributed by atoms with Gasteiger partial charge in [0.15, 0.2) is 5.13 Å². The van der Waals surface area contributed by atoms with Crippen LogP contribution in [0.15, 0.2) is 5.38 Å². The smallest absolute Gasteiger partial charge is 0.227 e. The zero-order chi connectivity index (χ0) is 13.0. The number of aliphatic hydroxyl groups excluding tert-OH is 1. The van der Waals surface area contributed by atoms with E-state index in [4.69, 9.17) is 0 Å². The Kier molecular flexibility index (Phi) is 4.68. The van der Waals surface area contributed by atoms with E-state index in [1.807, 2.05) is 12.3 Å². The summed E-state index contributed by atoms with van der Waals surface area (Å²) in [6.45, 7) is 4.42. The lowest BCUT2D eigenvalue weighted by atomic mass is 10.1. The van der Waals surface area contributed by atoms with Crippen molar-refractivity contribution < 1.29 is 9.90 Å². The SMILES string of the molecule is Cc1csc(NC(=O)CCN2CCC(O)CC2)n1. The van der Waals surface area contributed by atoms with Crippen molar-refractivity contribution in [2.24, 2.45) is 0 Å². The Morgan fingerprint density at radius 3 is 2.94 bits per heavy atom. The minimum atomic E-state index is -0.159. The maximum atomic E-state index is 11.7. The molecular formula is C12H19N3O2S. The molecule has 0 saturated carbocycles. The first kappa shape index (κ1) is 13.5. The van der Waals surface area contributed by atoms with Crippen LogP contribution in [0.5, 0.6) is 0 Å². The van der Waals surface area contributed by atoms with Gasteiger partial charge >= 0.3 is 0 Å². The molecule has 0 aliphatic carbocycles. The highest BCUT2D eigenvalue weighted by Crippen LogP contribution is 2.15. The first-order valence-corrected chi connectivity index (χ1v) is 7.14. The molecule has 2 heterocycles. The predicted octanol–water partition coefficient (Wildman–Crippen LogP) is 1.24. The van der Waals surface area contributed by atoms with Crippen LogP contribution in [0.1, 0.15) is 25.0 Å². The van der Waals surface area contributed by atoms with Gasteiger partial charge in [-0.15, -0.1) is 11.3 Å². The summed E-state index contributed by atoms with van der Waals surface area (Å²) < 4.78 is 0. The molecular weight excluding hydrogens is 250 g/mol. The molecule has 1 aliphatic rings. The average molecular weight is 269 g/mol. The van der Waals surface area contributed by atoms with E-state index in [0.717, 1.165) is 38.2 Å². The minimum Gasteiger partial charge on any atom is -0.393 e. The lowest BCUT2D eigenvalue weighted by Crippen LogP contribution is -2.37. The van der Waals surface area contributed by atoms with Crippen molar-refractivity contribution in [2.75, 3.05) is 25.0 Å². The molecule has 0 radical (unpaired) electrons. The molecule has 1 amide bonds. The zero-order valence-corrected chi connectivity index (χ0v) is 11.4. The molecule has 1 fully saturated rings. The number of hydrogen-bond donors (Lipinski definition) is 2. The molecule has 2 N–H and O–H groups in total. The molecule has 18 heavy (non-hydrogen) atoms. The van der Waals surface area contributed by atoms with Gasteiger partial charge in [0.1, 0.15) is 0 Å². The summed E-state index contributed by atoms with van der Waals surface area (Å²) in [5.41, 5.74) is 0.931. The summed E-state index contributed by atoms with van der Waals surface area (Å²) in [7, 11) is 0. The second-order valence-electron chi connectivity index (χ2n) is 4.67. The van der Waals surface area contributed by atoms with Gasteiger partial charge in [0, 0.05) is 31.4 Å². The van der Waals surface area contributed by atoms with Crippen molar-refractivity contribution in [1.82, 2.24) is 9.88 Å². The molecule has 6 heteroatoms. The molecule has 1 aromatic heterocycles. The maximum absolute atomic E-state index is 11.7. The van der Waals surface area contributed by atoms with E-state index in [2.05, 4.69) is 15.2 Å². The molecule has 0 unspecified atom stereocenters. The van der Waals surface area contributed by atoms with Crippen LogP contribution < -0.4 is 5.32 Å². The summed E-state index contributed by atoms with van der Waals surface area (Å²) in [5, 5.41) is 14.8. The second kappa shape index (κ2) is 6.26. The van der Waals surface area contributed by atoms with E-state index in [-0.39, 0.29) is 12.0 Å². The third kappa shape index (κ3) is 4.04. The molecule has 0 bridgehead atoms. The lowest BCUT2D eigenvalue weighted by Gasteiger charge is -2.29. The summed E-state index contributed by atoms with van der Waals surface area (Å²) in [6.07, 6.45) is 1.95. The van der Waals surface area contributed by atoms with Gasteiger partial charge in [0.2, 0.25) is 5.91 Å². The van der Waals surface area contributed by atoms with Crippen molar-refractivity contribution in [3.8, 4) is 0 Å². The van der Waals surface area contributed by atoms with Crippen LogP contribution in [0.2, 0.25) is 0 Å². The first-order chi connectivity index (χ1) is 8.63. The van der Waals surface area contributed by atoms with Gasteiger partial charge in [0.25, 0.3) is 0 Å². The predicted molar refractivity (Wildman–Crippen MR) is 71.8 cm³/mol. The van der Waals surface area contributed by atoms with E-state index in [1.54, 1.807) is 0 Å². The number of hydrogen-bond acceptors (Lipinski definition) is 5. The minimum absolute atomic E-state index is 0.00970. The van der Waals surface area contributed by atoms with Gasteiger partial charge in [0.05, 0.1) is 11.8 Å². The van der Waals surface area contributed by atoms with Crippen LogP contribution in [-0.4, -0.2) is 46.6 Å². The zero-order valence-electron chi connectivity index (χ0n) is 10.6. The van der Waals surface area contributed by atoms with Gasteiger partial charge < -0.3 is 15.3 Å². The van der Waals surface area contributed by atoms with Gasteiger partial charge in [-0.25, -0.2) is 4.98 Å². The highest BCUT2D eigenvalue weighted by molar-refractivity contribution is 7.13. The van der Waals surface area contributed by atoms with Crippen LogP contribution >= 0.6 is 11.3 Å². The Morgan fingerprint density at radius 1 is 1.61 bits per heavy atom. The summed E-state index contributed by atoms with van der Waals surface area (Å²) >= 11 is 1.45. The van der Waals surface area contributed by atoms with Crippen molar-refractivity contribution in [1.29, 1.82) is 0 Å². The molecule has 100 valence electrons. The number of rotatable bonds is 4. The number of thiazole rings is 1. The fourth-order valence-corrected chi connectivity index (χ4v) is 2.70. The molecule has 0 spiro atoms. The Labute approximate surface area is 111 Å². The fourth-order valence-electron chi connectivity index (χ4n) is 2.00. The van der Waals surface area contributed by atoms with Crippen molar-refractivity contribution in [2.45, 2.75) is 32.3 Å². The lowest BCUT2D eigenvalue weighted by molar-refractivity contribution is -0.116. The number of aliphatic hydroxyl groups is 1. The fraction of sp³-hybridized carbons (Fsp3) is 0.667. The largest absolute Gasteiger partial charge is 0.393 e. The Hall–Kier alpha value is -0.980. The van der Waals surface area contributed by atoms with Gasteiger partial charge in [-0.2, -0.15) is 0 Å². The van der Waals surface area contributed by atoms with Crippen LogP contribution in [0.25, 0.3) is 0 Å². The number of aryl methyl sites for hydroxylation is 1. The Morgan fingerprint density at radius 2 is 2.33 bits per heavy atom. The molecule has 0 aromatic carbocycles. The number of carbonyl (C=O) groups is 1. The molecule has 5 nitrogen and oxygen atoms in total. The van der Waals surface area contributed by atoms with Gasteiger partial charge in [-0.1, -0.05) is 0 Å². The van der Waals surface area contributed by atoms with Crippen LogP contribution in [0, 0.1) is 6.92 Å². The third-order valence-electron chi connectivity index (χ3n) is 3.08. The van der Waals surface area contributed by atoms with E-state index < -0.39 is 0 Å². The van der Waals surface area contributed by atoms with Crippen molar-refractivity contribution in [3.05, 3.63) is 11.1 Å². The molecule has 1 aliphatic heterocycles. The highest BCUT2D eigenvalue weighted by Gasteiger charge is 2.17. The van der Waals surface area contributed by atoms with Gasteiger partial charge in [-0.3, -0.25) is 4.79 Å². The number of piperidine rings is 1. The molecule has 0 atom stereocenters. The number of aromatic nitrogens is 1. The number of nitrogens with zero attached hydrogens (tertiary/aromatic N) is 2. The normalized spacial score (nSPS) is 17.9. The van der Waals surface area contributed by atoms with Crippen molar-refractivity contribution in [3.63, 3.8) is 0 Å².